The molecule has 34 heteroatoms. The molecule has 4 aromatic carbocycles. The van der Waals surface area contributed by atoms with E-state index in [9.17, 15) is 62.3 Å². The summed E-state index contributed by atoms with van der Waals surface area (Å²) in [6.45, 7) is 1.31. The average Bonchev–Trinajstić information content (AvgIpc) is 1.19. The van der Waals surface area contributed by atoms with Crippen molar-refractivity contribution in [2.24, 2.45) is 5.73 Å². The van der Waals surface area contributed by atoms with Crippen molar-refractivity contribution in [3.63, 3.8) is 0 Å². The number of carbonyl (C=O) groups is 13. The number of hydrogen-bond acceptors (Lipinski definition) is 13. The van der Waals surface area contributed by atoms with E-state index < -0.39 is 101 Å². The number of halogens is 4. The summed E-state index contributed by atoms with van der Waals surface area (Å²) in [6, 6.07) is 18.5. The highest BCUT2D eigenvalue weighted by Gasteiger charge is 2.40. The van der Waals surface area contributed by atoms with Gasteiger partial charge in [-0.05, 0) is 142 Å². The van der Waals surface area contributed by atoms with Crippen LogP contribution in [-0.4, -0.2) is 206 Å². The van der Waals surface area contributed by atoms with Crippen molar-refractivity contribution in [3.05, 3.63) is 142 Å². The Labute approximate surface area is 690 Å². The minimum Gasteiger partial charge on any atom is -0.368 e. The molecule has 10 rings (SSSR count). The van der Waals surface area contributed by atoms with Crippen LogP contribution < -0.4 is 58.9 Å². The summed E-state index contributed by atoms with van der Waals surface area (Å²) in [6.07, 6.45) is 13.0. The fourth-order valence-electron chi connectivity index (χ4n) is 14.9. The number of alkyl halides is 2. The zero-order valence-corrected chi connectivity index (χ0v) is 67.5. The zero-order valence-electron chi connectivity index (χ0n) is 64.4. The van der Waals surface area contributed by atoms with E-state index in [1.165, 1.54) is 9.80 Å². The number of nitrogens with zero attached hydrogens (tertiary/aromatic N) is 2. The Morgan fingerprint density at radius 1 is 0.388 bits per heavy atom. The van der Waals surface area contributed by atoms with E-state index in [1.807, 2.05) is 60.7 Å². The van der Waals surface area contributed by atoms with Crippen LogP contribution in [0.2, 0.25) is 10.0 Å². The fourth-order valence-corrected chi connectivity index (χ4v) is 15.4. The molecule has 2 aliphatic heterocycles. The highest BCUT2D eigenvalue weighted by molar-refractivity contribution is 6.31. The Morgan fingerprint density at radius 2 is 0.741 bits per heavy atom. The van der Waals surface area contributed by atoms with Crippen LogP contribution in [0.15, 0.2) is 110 Å². The van der Waals surface area contributed by atoms with Gasteiger partial charge in [0.2, 0.25) is 76.8 Å². The highest BCUT2D eigenvalue weighted by Crippen LogP contribution is 2.29. The summed E-state index contributed by atoms with van der Waals surface area (Å²) in [5.74, 6) is -6.91. The summed E-state index contributed by atoms with van der Waals surface area (Å²) < 4.78 is 0. The maximum Gasteiger partial charge on any atom is 0.246 e. The van der Waals surface area contributed by atoms with Crippen molar-refractivity contribution in [1.29, 1.82) is 0 Å². The van der Waals surface area contributed by atoms with Gasteiger partial charge in [-0.3, -0.25) is 62.3 Å². The third-order valence-electron chi connectivity index (χ3n) is 20.9. The minimum atomic E-state index is -1.09. The van der Waals surface area contributed by atoms with Gasteiger partial charge in [-0.25, -0.2) is 0 Å². The predicted octanol–water partition coefficient (Wildman–Crippen LogP) is 6.21. The number of hydrogen-bond donors (Lipinski definition) is 15. The number of nitrogens with two attached hydrogens (primary N) is 1. The quantitative estimate of drug-likeness (QED) is 0.0149. The summed E-state index contributed by atoms with van der Waals surface area (Å²) in [5, 5.41) is 32.6. The first kappa shape index (κ1) is 87.7. The van der Waals surface area contributed by atoms with Crippen molar-refractivity contribution in [2.75, 3.05) is 57.6 Å². The summed E-state index contributed by atoms with van der Waals surface area (Å²) in [7, 11) is 0. The lowest BCUT2D eigenvalue weighted by Gasteiger charge is -2.37. The van der Waals surface area contributed by atoms with Crippen LogP contribution in [0.25, 0.3) is 43.6 Å². The number of likely N-dealkylation sites (tertiary alicyclic amines) is 2. The lowest BCUT2D eigenvalue weighted by Crippen LogP contribution is -2.60. The number of primary amides is 1. The van der Waals surface area contributed by atoms with E-state index in [2.05, 4.69) is 73.1 Å². The molecule has 4 aromatic heterocycles. The Balaban J connectivity index is 0.592. The van der Waals surface area contributed by atoms with Gasteiger partial charge in [0.15, 0.2) is 0 Å². The third-order valence-corrected chi connectivity index (χ3v) is 21.9. The first-order valence-electron chi connectivity index (χ1n) is 39.5. The number of aromatic amines is 4. The van der Waals surface area contributed by atoms with Gasteiger partial charge in [-0.1, -0.05) is 71.7 Å². The van der Waals surface area contributed by atoms with Crippen molar-refractivity contribution < 1.29 is 62.3 Å². The van der Waals surface area contributed by atoms with Gasteiger partial charge >= 0.3 is 0 Å². The fraction of sp³-hybridized carbons (Fsp3) is 0.451. The maximum absolute atomic E-state index is 14.5. The van der Waals surface area contributed by atoms with E-state index in [0.29, 0.717) is 67.8 Å². The number of benzene rings is 4. The third kappa shape index (κ3) is 25.2. The van der Waals surface area contributed by atoms with Crippen LogP contribution in [0, 0.1) is 0 Å². The topological polar surface area (TPSA) is 438 Å². The zero-order chi connectivity index (χ0) is 82.6. The van der Waals surface area contributed by atoms with Crippen LogP contribution in [-0.2, 0) is 88.0 Å². The van der Waals surface area contributed by atoms with Crippen LogP contribution in [0.3, 0.4) is 0 Å². The molecule has 13 amide bonds. The van der Waals surface area contributed by atoms with E-state index in [-0.39, 0.29) is 152 Å². The number of unbranched alkanes of at least 4 members (excludes halogenated alkanes) is 1. The molecule has 2 fully saturated rings. The van der Waals surface area contributed by atoms with Gasteiger partial charge in [0.25, 0.3) is 0 Å². The predicted molar refractivity (Wildman–Crippen MR) is 443 cm³/mol. The smallest absolute Gasteiger partial charge is 0.246 e. The van der Waals surface area contributed by atoms with Gasteiger partial charge in [0.1, 0.15) is 54.1 Å². The lowest BCUT2D eigenvalue weighted by atomic mass is 9.97. The van der Waals surface area contributed by atoms with Gasteiger partial charge in [-0.15, -0.1) is 23.2 Å². The second kappa shape index (κ2) is 43.9. The number of amides is 13. The molecule has 16 N–H and O–H groups in total. The molecule has 0 saturated carbocycles. The number of carbonyl (C=O) groups excluding carboxylic acids is 13. The van der Waals surface area contributed by atoms with Crippen LogP contribution in [0.1, 0.15) is 131 Å². The second-order valence-electron chi connectivity index (χ2n) is 29.3. The Kier molecular flexibility index (Phi) is 33.2. The molecule has 2 saturated heterocycles. The van der Waals surface area contributed by atoms with Crippen LogP contribution in [0.5, 0.6) is 0 Å². The van der Waals surface area contributed by atoms with E-state index in [4.69, 9.17) is 52.1 Å². The normalized spacial score (nSPS) is 15.5. The van der Waals surface area contributed by atoms with E-state index in [0.717, 1.165) is 65.9 Å². The Morgan fingerprint density at radius 3 is 1.15 bits per heavy atom. The molecular formula is C82H101Cl4N17O13. The monoisotopic (exact) mass is 1670 g/mol. The van der Waals surface area contributed by atoms with Crippen molar-refractivity contribution in [2.45, 2.75) is 177 Å². The van der Waals surface area contributed by atoms with Crippen LogP contribution in [0.4, 0.5) is 0 Å². The van der Waals surface area contributed by atoms with E-state index >= 15 is 0 Å². The molecule has 0 radical (unpaired) electrons. The maximum atomic E-state index is 14.5. The molecule has 0 aliphatic carbocycles. The largest absolute Gasteiger partial charge is 0.368 e. The molecule has 2 aliphatic rings. The van der Waals surface area contributed by atoms with Gasteiger partial charge in [-0.2, -0.15) is 0 Å². The molecule has 0 unspecified atom stereocenters. The molecule has 620 valence electrons. The highest BCUT2D eigenvalue weighted by atomic mass is 35.5. The Hall–Kier alpha value is -10.7. The second-order valence-corrected chi connectivity index (χ2v) is 30.7. The molecule has 30 nitrogen and oxygen atoms in total. The Bertz CT molecular complexity index is 4810. The molecule has 6 heterocycles. The molecule has 116 heavy (non-hydrogen) atoms. The number of para-hydroxylation sites is 2. The molecule has 7 atom stereocenters. The summed E-state index contributed by atoms with van der Waals surface area (Å²) in [4.78, 5) is 191. The number of aromatic nitrogens is 4. The standard InChI is InChI=1S/C82H101Cl4N17O13/c83-43-74(108)98-66(39-51-47-95-62-41-53(85)26-28-57(51)62)81(115)102-35-9-6-20-68(102)79(113)100-64(37-49-45-93-59-17-3-1-15-55(49)59)77(111)91-33-12-23-71(105)89-31-11-22-70(104)88-30-8-5-19-61(76(87)110)97-73(107)25-14-32-90-72(106)24-13-34-92-78(112)65(38-50-46-94-60-18-4-2-16-56(50)60)101-80(114)69-21-7-10-36-103(69)82(116)67(99-75(109)44-84)40-52-48-96-63-42-54(86)27-29-58(52)63/h1-4,15-18,26-29,41-42,45-48,61,64-69,93-96H,5-14,19-25,30-40,43-44H2,(H2,87,110)(H,88,104)(H,89,105)(H,90,106)(H,91,111)(H,92,112)(H,97,107)(H,98,108)(H,99,109)(H,100,113)(H,101,114)/t61-,64-,65-,66-,67-,68-,69-/m0/s1. The van der Waals surface area contributed by atoms with Crippen molar-refractivity contribution in [1.82, 2.24) is 82.9 Å². The number of fused-ring (bicyclic) bond motifs is 4. The molecule has 0 bridgehead atoms. The van der Waals surface area contributed by atoms with Crippen molar-refractivity contribution in [3.8, 4) is 0 Å². The number of rotatable bonds is 43. The first-order valence-corrected chi connectivity index (χ1v) is 41.3. The van der Waals surface area contributed by atoms with Crippen LogP contribution >= 0.6 is 46.4 Å². The van der Waals surface area contributed by atoms with Gasteiger partial charge < -0.3 is 88.6 Å². The minimum absolute atomic E-state index is 0.0171. The van der Waals surface area contributed by atoms with E-state index in [1.54, 1.807) is 49.1 Å². The molecule has 0 spiro atoms. The number of piperidine rings is 2. The van der Waals surface area contributed by atoms with Crippen molar-refractivity contribution >= 4 is 167 Å². The summed E-state index contributed by atoms with van der Waals surface area (Å²) >= 11 is 24.3. The lowest BCUT2D eigenvalue weighted by molar-refractivity contribution is -0.145. The van der Waals surface area contributed by atoms with Gasteiger partial charge in [0, 0.05) is 176 Å². The number of nitrogens with one attached hydrogen (secondary N) is 14. The molecule has 8 aromatic rings. The molecular weight excluding hydrogens is 1570 g/mol. The number of H-pyrrole nitrogens is 4. The SMILES string of the molecule is NC(=O)[C@H](CCCCNC(=O)CCCNC(=O)CCCNC(=O)[C@H](Cc1c[nH]c2ccccc12)NC(=O)[C@@H]1CCCCN1C(=O)[C@H](Cc1c[nH]c2cc(Cl)ccc12)NC(=O)CCl)NC(=O)CCCNC(=O)CCCNC(=O)[C@H](Cc1c[nH]c2ccccc12)NC(=O)[C@@H]1CCCCN1C(=O)[C@H](Cc1c[nH]c2cc(Cl)ccc12)NC(=O)CCl. The first-order chi connectivity index (χ1) is 56.0. The summed E-state index contributed by atoms with van der Waals surface area (Å²) in [5.41, 5.74) is 11.9. The average molecular weight is 1670 g/mol. The van der Waals surface area contributed by atoms with Gasteiger partial charge in [0.05, 0.1) is 0 Å².